The molecular weight excluding hydrogens is 288 g/mol. The van der Waals surface area contributed by atoms with Crippen molar-refractivity contribution in [3.63, 3.8) is 0 Å². The van der Waals surface area contributed by atoms with E-state index in [0.29, 0.717) is 10.6 Å². The maximum Gasteiger partial charge on any atom is 0.350 e. The van der Waals surface area contributed by atoms with Crippen LogP contribution in [0.15, 0.2) is 41.8 Å². The number of ether oxygens (including phenoxy) is 1. The number of esters is 1. The predicted octanol–water partition coefficient (Wildman–Crippen LogP) is 2.22. The highest BCUT2D eigenvalue weighted by Gasteiger charge is 2.22. The summed E-state index contributed by atoms with van der Waals surface area (Å²) in [6.45, 7) is 0.188. The van der Waals surface area contributed by atoms with Gasteiger partial charge < -0.3 is 15.8 Å². The molecule has 21 heavy (non-hydrogen) atoms. The zero-order valence-corrected chi connectivity index (χ0v) is 12.4. The Morgan fingerprint density at radius 1 is 1.29 bits per heavy atom. The molecule has 6 heteroatoms. The van der Waals surface area contributed by atoms with Gasteiger partial charge in [0.25, 0.3) is 0 Å². The Labute approximate surface area is 126 Å². The molecule has 0 saturated carbocycles. The van der Waals surface area contributed by atoms with Crippen molar-refractivity contribution >= 4 is 28.9 Å². The van der Waals surface area contributed by atoms with Gasteiger partial charge in [0.2, 0.25) is 5.91 Å². The number of nitrogens with one attached hydrogen (secondary N) is 1. The highest BCUT2D eigenvalue weighted by Crippen LogP contribution is 2.25. The van der Waals surface area contributed by atoms with Crippen molar-refractivity contribution in [2.24, 2.45) is 5.73 Å². The van der Waals surface area contributed by atoms with Gasteiger partial charge in [0, 0.05) is 6.54 Å². The van der Waals surface area contributed by atoms with E-state index in [-0.39, 0.29) is 12.5 Å². The quantitative estimate of drug-likeness (QED) is 0.830. The molecule has 1 aromatic carbocycles. The lowest BCUT2D eigenvalue weighted by molar-refractivity contribution is -0.117. The van der Waals surface area contributed by atoms with E-state index < -0.39 is 11.9 Å². The van der Waals surface area contributed by atoms with Gasteiger partial charge in [-0.1, -0.05) is 30.3 Å². The zero-order valence-electron chi connectivity index (χ0n) is 11.5. The maximum atomic E-state index is 12.4. The van der Waals surface area contributed by atoms with Crippen LogP contribution in [0.3, 0.4) is 0 Å². The molecule has 1 atom stereocenters. The number of carbonyl (C=O) groups is 2. The van der Waals surface area contributed by atoms with Crippen LogP contribution < -0.4 is 11.1 Å². The van der Waals surface area contributed by atoms with E-state index in [9.17, 15) is 9.59 Å². The average molecular weight is 304 g/mol. The Balaban J connectivity index is 2.17. The zero-order chi connectivity index (χ0) is 15.2. The lowest BCUT2D eigenvalue weighted by Gasteiger charge is -2.15. The van der Waals surface area contributed by atoms with E-state index in [1.165, 1.54) is 18.4 Å². The molecule has 110 valence electrons. The molecule has 1 heterocycles. The normalized spacial score (nSPS) is 11.7. The number of rotatable bonds is 5. The molecule has 0 saturated heterocycles. The van der Waals surface area contributed by atoms with Gasteiger partial charge in [-0.05, 0) is 17.0 Å². The largest absolute Gasteiger partial charge is 0.465 e. The molecule has 1 aromatic heterocycles. The van der Waals surface area contributed by atoms with Crippen LogP contribution in [0.5, 0.6) is 0 Å². The van der Waals surface area contributed by atoms with Crippen LogP contribution in [0.2, 0.25) is 0 Å². The van der Waals surface area contributed by atoms with Gasteiger partial charge in [-0.15, -0.1) is 11.3 Å². The lowest BCUT2D eigenvalue weighted by Crippen LogP contribution is -2.27. The summed E-state index contributed by atoms with van der Waals surface area (Å²) >= 11 is 1.22. The molecule has 0 spiro atoms. The van der Waals surface area contributed by atoms with E-state index in [1.807, 2.05) is 30.3 Å². The number of carbonyl (C=O) groups excluding carboxylic acids is 2. The third kappa shape index (κ3) is 3.48. The first-order chi connectivity index (χ1) is 10.2. The molecule has 0 aliphatic rings. The SMILES string of the molecule is COC(=O)c1sccc1NC(=O)C(CN)c1ccccc1. The van der Waals surface area contributed by atoms with Crippen molar-refractivity contribution in [1.82, 2.24) is 0 Å². The van der Waals surface area contributed by atoms with Gasteiger partial charge in [-0.3, -0.25) is 4.79 Å². The number of anilines is 1. The molecule has 3 N–H and O–H groups in total. The van der Waals surface area contributed by atoms with Crippen molar-refractivity contribution in [3.8, 4) is 0 Å². The van der Waals surface area contributed by atoms with E-state index in [0.717, 1.165) is 5.56 Å². The summed E-state index contributed by atoms with van der Waals surface area (Å²) in [5.41, 5.74) is 7.00. The number of nitrogens with two attached hydrogens (primary N) is 1. The smallest absolute Gasteiger partial charge is 0.350 e. The summed E-state index contributed by atoms with van der Waals surface area (Å²) in [5, 5.41) is 4.47. The summed E-state index contributed by atoms with van der Waals surface area (Å²) < 4.78 is 4.68. The molecule has 2 rings (SSSR count). The molecule has 0 aliphatic heterocycles. The van der Waals surface area contributed by atoms with Gasteiger partial charge in [0.15, 0.2) is 0 Å². The Morgan fingerprint density at radius 2 is 2.00 bits per heavy atom. The summed E-state index contributed by atoms with van der Waals surface area (Å²) in [6, 6.07) is 11.0. The van der Waals surface area contributed by atoms with Crippen LogP contribution >= 0.6 is 11.3 Å². The minimum absolute atomic E-state index is 0.188. The van der Waals surface area contributed by atoms with Crippen LogP contribution in [-0.4, -0.2) is 25.5 Å². The van der Waals surface area contributed by atoms with Crippen molar-refractivity contribution in [1.29, 1.82) is 0 Å². The van der Waals surface area contributed by atoms with Crippen molar-refractivity contribution in [3.05, 3.63) is 52.2 Å². The monoisotopic (exact) mass is 304 g/mol. The molecule has 2 aromatic rings. The Kier molecular flexibility index (Phi) is 5.08. The van der Waals surface area contributed by atoms with Crippen molar-refractivity contribution < 1.29 is 14.3 Å². The van der Waals surface area contributed by atoms with Gasteiger partial charge in [-0.25, -0.2) is 4.79 Å². The summed E-state index contributed by atoms with van der Waals surface area (Å²) in [6.07, 6.45) is 0. The van der Waals surface area contributed by atoms with Crippen LogP contribution in [0.4, 0.5) is 5.69 Å². The number of methoxy groups -OCH3 is 1. The van der Waals surface area contributed by atoms with Crippen LogP contribution in [-0.2, 0) is 9.53 Å². The van der Waals surface area contributed by atoms with E-state index >= 15 is 0 Å². The lowest BCUT2D eigenvalue weighted by atomic mass is 9.98. The van der Waals surface area contributed by atoms with Gasteiger partial charge in [0.05, 0.1) is 18.7 Å². The summed E-state index contributed by atoms with van der Waals surface area (Å²) in [4.78, 5) is 24.3. The van der Waals surface area contributed by atoms with Gasteiger partial charge >= 0.3 is 5.97 Å². The van der Waals surface area contributed by atoms with Crippen molar-refractivity contribution in [2.75, 3.05) is 19.0 Å². The van der Waals surface area contributed by atoms with Crippen LogP contribution in [0.25, 0.3) is 0 Å². The van der Waals surface area contributed by atoms with E-state index in [2.05, 4.69) is 10.1 Å². The van der Waals surface area contributed by atoms with E-state index in [1.54, 1.807) is 11.4 Å². The highest BCUT2D eigenvalue weighted by atomic mass is 32.1. The first-order valence-corrected chi connectivity index (χ1v) is 7.27. The Morgan fingerprint density at radius 3 is 2.62 bits per heavy atom. The number of benzene rings is 1. The van der Waals surface area contributed by atoms with Crippen molar-refractivity contribution in [2.45, 2.75) is 5.92 Å². The molecule has 0 bridgehead atoms. The molecule has 0 radical (unpaired) electrons. The highest BCUT2D eigenvalue weighted by molar-refractivity contribution is 7.12. The first-order valence-electron chi connectivity index (χ1n) is 6.39. The minimum Gasteiger partial charge on any atom is -0.465 e. The van der Waals surface area contributed by atoms with E-state index in [4.69, 9.17) is 5.73 Å². The maximum absolute atomic E-state index is 12.4. The van der Waals surface area contributed by atoms with Crippen LogP contribution in [0.1, 0.15) is 21.2 Å². The minimum atomic E-state index is -0.468. The number of amides is 1. The predicted molar refractivity (Wildman–Crippen MR) is 82.5 cm³/mol. The molecule has 1 unspecified atom stereocenters. The number of hydrogen-bond acceptors (Lipinski definition) is 5. The summed E-state index contributed by atoms with van der Waals surface area (Å²) in [7, 11) is 1.31. The average Bonchev–Trinajstić information content (AvgIpc) is 2.96. The number of hydrogen-bond donors (Lipinski definition) is 2. The fourth-order valence-electron chi connectivity index (χ4n) is 1.96. The Bertz CT molecular complexity index is 625. The molecule has 1 amide bonds. The molecule has 0 fully saturated rings. The second kappa shape index (κ2) is 7.01. The molecule has 0 aliphatic carbocycles. The van der Waals surface area contributed by atoms with Crippen LogP contribution in [0, 0.1) is 0 Å². The number of thiophene rings is 1. The first kappa shape index (κ1) is 15.2. The fourth-order valence-corrected chi connectivity index (χ4v) is 2.72. The Hall–Kier alpha value is -2.18. The van der Waals surface area contributed by atoms with Gasteiger partial charge in [-0.2, -0.15) is 0 Å². The third-order valence-corrected chi connectivity index (χ3v) is 3.94. The second-order valence-corrected chi connectivity index (χ2v) is 5.26. The standard InChI is InChI=1S/C15H16N2O3S/c1-20-15(19)13-12(7-8-21-13)17-14(18)11(9-16)10-5-3-2-4-6-10/h2-8,11H,9,16H2,1H3,(H,17,18). The fraction of sp³-hybridized carbons (Fsp3) is 0.200. The molecular formula is C15H16N2O3S. The third-order valence-electron chi connectivity index (χ3n) is 3.05. The summed E-state index contributed by atoms with van der Waals surface area (Å²) in [5.74, 6) is -1.17. The van der Waals surface area contributed by atoms with Gasteiger partial charge in [0.1, 0.15) is 4.88 Å². The topological polar surface area (TPSA) is 81.4 Å². The molecule has 5 nitrogen and oxygen atoms in total. The second-order valence-electron chi connectivity index (χ2n) is 4.34.